The summed E-state index contributed by atoms with van der Waals surface area (Å²) in [5.41, 5.74) is 7.42. The summed E-state index contributed by atoms with van der Waals surface area (Å²) in [6.45, 7) is 2.27. The SMILES string of the molecule is CC1CCC(NC(=O)c2cccnc2SCc2ccc(C(N)=O)cc2)CC1. The van der Waals surface area contributed by atoms with Gasteiger partial charge in [0.1, 0.15) is 5.03 Å². The minimum Gasteiger partial charge on any atom is -0.366 e. The number of hydrogen-bond acceptors (Lipinski definition) is 4. The summed E-state index contributed by atoms with van der Waals surface area (Å²) in [6, 6.07) is 11.1. The molecule has 0 aliphatic heterocycles. The normalized spacial score (nSPS) is 19.4. The van der Waals surface area contributed by atoms with Crippen molar-refractivity contribution in [2.24, 2.45) is 11.7 Å². The van der Waals surface area contributed by atoms with Gasteiger partial charge < -0.3 is 11.1 Å². The summed E-state index contributed by atoms with van der Waals surface area (Å²) in [5.74, 6) is 0.935. The minimum absolute atomic E-state index is 0.0470. The van der Waals surface area contributed by atoms with Crippen LogP contribution in [0.4, 0.5) is 0 Å². The molecule has 5 nitrogen and oxygen atoms in total. The topological polar surface area (TPSA) is 85.1 Å². The van der Waals surface area contributed by atoms with Gasteiger partial charge in [-0.15, -0.1) is 11.8 Å². The first-order valence-electron chi connectivity index (χ1n) is 9.30. The van der Waals surface area contributed by atoms with Crippen LogP contribution < -0.4 is 11.1 Å². The van der Waals surface area contributed by atoms with Crippen LogP contribution in [0.2, 0.25) is 0 Å². The number of benzene rings is 1. The van der Waals surface area contributed by atoms with Crippen LogP contribution in [-0.2, 0) is 5.75 Å². The molecule has 1 heterocycles. The third-order valence-corrected chi connectivity index (χ3v) is 6.06. The maximum atomic E-state index is 12.7. The lowest BCUT2D eigenvalue weighted by Crippen LogP contribution is -2.37. The minimum atomic E-state index is -0.435. The molecule has 1 aliphatic rings. The quantitative estimate of drug-likeness (QED) is 0.744. The molecule has 3 rings (SSSR count). The number of carbonyl (C=O) groups excluding carboxylic acids is 2. The van der Waals surface area contributed by atoms with Crippen molar-refractivity contribution in [3.8, 4) is 0 Å². The first-order valence-corrected chi connectivity index (χ1v) is 10.3. The molecule has 6 heteroatoms. The number of thioether (sulfide) groups is 1. The van der Waals surface area contributed by atoms with E-state index in [1.165, 1.54) is 24.6 Å². The predicted octanol–water partition coefficient (Wildman–Crippen LogP) is 3.78. The molecule has 0 bridgehead atoms. The van der Waals surface area contributed by atoms with Crippen LogP contribution in [0.25, 0.3) is 0 Å². The number of aromatic nitrogens is 1. The predicted molar refractivity (Wildman–Crippen MR) is 108 cm³/mol. The maximum absolute atomic E-state index is 12.7. The Morgan fingerprint density at radius 2 is 1.85 bits per heavy atom. The van der Waals surface area contributed by atoms with E-state index in [9.17, 15) is 9.59 Å². The fourth-order valence-corrected chi connectivity index (χ4v) is 4.21. The number of pyridine rings is 1. The summed E-state index contributed by atoms with van der Waals surface area (Å²) >= 11 is 1.52. The number of amides is 2. The van der Waals surface area contributed by atoms with E-state index in [4.69, 9.17) is 5.73 Å². The van der Waals surface area contributed by atoms with Crippen LogP contribution in [0.1, 0.15) is 58.9 Å². The lowest BCUT2D eigenvalue weighted by Gasteiger charge is -2.27. The molecular weight excluding hydrogens is 358 g/mol. The fraction of sp³-hybridized carbons (Fsp3) is 0.381. The van der Waals surface area contributed by atoms with Crippen LogP contribution in [0.15, 0.2) is 47.6 Å². The number of nitrogens with zero attached hydrogens (tertiary/aromatic N) is 1. The van der Waals surface area contributed by atoms with Gasteiger partial charge in [0.2, 0.25) is 5.91 Å². The lowest BCUT2D eigenvalue weighted by molar-refractivity contribution is 0.0918. The molecule has 2 amide bonds. The monoisotopic (exact) mass is 383 g/mol. The van der Waals surface area contributed by atoms with Gasteiger partial charge >= 0.3 is 0 Å². The number of nitrogens with one attached hydrogen (secondary N) is 1. The Kier molecular flexibility index (Phi) is 6.50. The van der Waals surface area contributed by atoms with Crippen LogP contribution in [0, 0.1) is 5.92 Å². The number of primary amides is 1. The van der Waals surface area contributed by atoms with Crippen molar-refractivity contribution in [2.75, 3.05) is 0 Å². The summed E-state index contributed by atoms with van der Waals surface area (Å²) in [7, 11) is 0. The van der Waals surface area contributed by atoms with E-state index in [-0.39, 0.29) is 11.9 Å². The molecule has 3 N–H and O–H groups in total. The number of nitrogens with two attached hydrogens (primary N) is 1. The van der Waals surface area contributed by atoms with Crippen molar-refractivity contribution >= 4 is 23.6 Å². The highest BCUT2D eigenvalue weighted by molar-refractivity contribution is 7.98. The van der Waals surface area contributed by atoms with E-state index >= 15 is 0 Å². The smallest absolute Gasteiger partial charge is 0.254 e. The molecule has 0 saturated heterocycles. The molecule has 0 spiro atoms. The van der Waals surface area contributed by atoms with Gasteiger partial charge in [0, 0.05) is 23.6 Å². The zero-order valence-corrected chi connectivity index (χ0v) is 16.3. The van der Waals surface area contributed by atoms with Crippen molar-refractivity contribution < 1.29 is 9.59 Å². The maximum Gasteiger partial charge on any atom is 0.254 e. The zero-order chi connectivity index (χ0) is 19.2. The molecule has 0 unspecified atom stereocenters. The Bertz CT molecular complexity index is 799. The van der Waals surface area contributed by atoms with Gasteiger partial charge in [0.25, 0.3) is 5.91 Å². The Morgan fingerprint density at radius 1 is 1.15 bits per heavy atom. The van der Waals surface area contributed by atoms with Gasteiger partial charge in [0.05, 0.1) is 5.56 Å². The average molecular weight is 384 g/mol. The molecule has 142 valence electrons. The highest BCUT2D eigenvalue weighted by Crippen LogP contribution is 2.26. The molecule has 0 radical (unpaired) electrons. The van der Waals surface area contributed by atoms with E-state index in [0.29, 0.717) is 16.9 Å². The third kappa shape index (κ3) is 5.32. The first-order chi connectivity index (χ1) is 13.0. The van der Waals surface area contributed by atoms with Crippen LogP contribution in [0.5, 0.6) is 0 Å². The molecule has 1 aromatic carbocycles. The molecule has 1 aliphatic carbocycles. The Balaban J connectivity index is 1.63. The van der Waals surface area contributed by atoms with Crippen molar-refractivity contribution in [3.63, 3.8) is 0 Å². The second-order valence-electron chi connectivity index (χ2n) is 7.14. The van der Waals surface area contributed by atoms with E-state index in [1.54, 1.807) is 24.4 Å². The second-order valence-corrected chi connectivity index (χ2v) is 8.10. The first kappa shape index (κ1) is 19.4. The molecule has 2 aromatic rings. The molecular formula is C21H25N3O2S. The van der Waals surface area contributed by atoms with E-state index in [1.807, 2.05) is 18.2 Å². The lowest BCUT2D eigenvalue weighted by atomic mass is 9.87. The third-order valence-electron chi connectivity index (χ3n) is 4.98. The van der Waals surface area contributed by atoms with Gasteiger partial charge in [-0.25, -0.2) is 4.98 Å². The fourth-order valence-electron chi connectivity index (χ4n) is 3.26. The van der Waals surface area contributed by atoms with Crippen LogP contribution >= 0.6 is 11.8 Å². The standard InChI is InChI=1S/C21H25N3O2S/c1-14-4-10-17(11-5-14)24-20(26)18-3-2-12-23-21(18)27-13-15-6-8-16(9-7-15)19(22)25/h2-3,6-9,12,14,17H,4-5,10-11,13H2,1H3,(H2,22,25)(H,24,26). The molecule has 1 aromatic heterocycles. The van der Waals surface area contributed by atoms with E-state index < -0.39 is 5.91 Å². The number of hydrogen-bond donors (Lipinski definition) is 2. The second kappa shape index (κ2) is 9.04. The Hall–Kier alpha value is -2.34. The Labute approximate surface area is 164 Å². The van der Waals surface area contributed by atoms with Crippen molar-refractivity contribution in [3.05, 3.63) is 59.3 Å². The molecule has 27 heavy (non-hydrogen) atoms. The van der Waals surface area contributed by atoms with Gasteiger partial charge in [-0.2, -0.15) is 0 Å². The van der Waals surface area contributed by atoms with Gasteiger partial charge in [0.15, 0.2) is 0 Å². The van der Waals surface area contributed by atoms with Crippen molar-refractivity contribution in [2.45, 2.75) is 49.4 Å². The summed E-state index contributed by atoms with van der Waals surface area (Å²) in [4.78, 5) is 28.3. The van der Waals surface area contributed by atoms with Gasteiger partial charge in [-0.1, -0.05) is 19.1 Å². The highest BCUT2D eigenvalue weighted by atomic mass is 32.2. The van der Waals surface area contributed by atoms with Gasteiger partial charge in [-0.3, -0.25) is 9.59 Å². The number of rotatable bonds is 6. The van der Waals surface area contributed by atoms with E-state index in [0.717, 1.165) is 29.3 Å². The van der Waals surface area contributed by atoms with Crippen molar-refractivity contribution in [1.29, 1.82) is 0 Å². The van der Waals surface area contributed by atoms with Crippen molar-refractivity contribution in [1.82, 2.24) is 10.3 Å². The molecule has 1 saturated carbocycles. The molecule has 1 fully saturated rings. The summed E-state index contributed by atoms with van der Waals surface area (Å²) < 4.78 is 0. The summed E-state index contributed by atoms with van der Waals surface area (Å²) in [6.07, 6.45) is 6.13. The van der Waals surface area contributed by atoms with Gasteiger partial charge in [-0.05, 0) is 61.4 Å². The van der Waals surface area contributed by atoms with Crippen LogP contribution in [0.3, 0.4) is 0 Å². The van der Waals surface area contributed by atoms with Crippen LogP contribution in [-0.4, -0.2) is 22.8 Å². The zero-order valence-electron chi connectivity index (χ0n) is 15.5. The molecule has 0 atom stereocenters. The number of carbonyl (C=O) groups is 2. The largest absolute Gasteiger partial charge is 0.366 e. The Morgan fingerprint density at radius 3 is 2.52 bits per heavy atom. The average Bonchev–Trinajstić information content (AvgIpc) is 2.68. The van der Waals surface area contributed by atoms with E-state index in [2.05, 4.69) is 17.2 Å². The highest BCUT2D eigenvalue weighted by Gasteiger charge is 2.21. The summed E-state index contributed by atoms with van der Waals surface area (Å²) in [5, 5.41) is 3.89.